The van der Waals surface area contributed by atoms with Gasteiger partial charge >= 0.3 is 6.18 Å². The lowest BCUT2D eigenvalue weighted by Crippen LogP contribution is -2.54. The number of fused-ring (bicyclic) bond motifs is 2. The zero-order chi connectivity index (χ0) is 22.2. The third-order valence-electron chi connectivity index (χ3n) is 6.38. The third-order valence-corrected chi connectivity index (χ3v) is 7.16. The molecule has 31 heavy (non-hydrogen) atoms. The molecule has 164 valence electrons. The van der Waals surface area contributed by atoms with Crippen LogP contribution in [0.25, 0.3) is 0 Å². The Bertz CT molecular complexity index is 1090. The molecule has 1 spiro atoms. The van der Waals surface area contributed by atoms with Gasteiger partial charge in [-0.25, -0.2) is 8.81 Å². The zero-order valence-electron chi connectivity index (χ0n) is 15.9. The number of hydrogen-bond acceptors (Lipinski definition) is 3. The highest BCUT2D eigenvalue weighted by Crippen LogP contribution is 2.50. The first kappa shape index (κ1) is 21.5. The molecule has 2 aromatic rings. The minimum Gasteiger partial charge on any atom is -0.363 e. The molecule has 0 N–H and O–H groups in total. The van der Waals surface area contributed by atoms with Crippen molar-refractivity contribution in [2.75, 3.05) is 19.6 Å². The molecular formula is C21H15Cl3F4N2O. The van der Waals surface area contributed by atoms with E-state index in [1.807, 2.05) is 12.1 Å². The first-order valence-electron chi connectivity index (χ1n) is 9.48. The molecule has 0 saturated carbocycles. The number of ether oxygens (including phenoxy) is 1. The molecule has 3 aliphatic heterocycles. The Morgan fingerprint density at radius 3 is 2.35 bits per heavy atom. The van der Waals surface area contributed by atoms with Gasteiger partial charge in [-0.1, -0.05) is 35.3 Å². The van der Waals surface area contributed by atoms with Crippen LogP contribution in [0.5, 0.6) is 0 Å². The van der Waals surface area contributed by atoms with Gasteiger partial charge in [0.25, 0.3) is 0 Å². The Morgan fingerprint density at radius 2 is 1.74 bits per heavy atom. The summed E-state index contributed by atoms with van der Waals surface area (Å²) in [6, 6.07) is 7.45. The highest BCUT2D eigenvalue weighted by atomic mass is 35.5. The van der Waals surface area contributed by atoms with Crippen LogP contribution in [0.3, 0.4) is 0 Å². The number of alkyl halides is 3. The summed E-state index contributed by atoms with van der Waals surface area (Å²) in [5.41, 5.74) is -0.113. The monoisotopic (exact) mass is 492 g/mol. The SMILES string of the molecule is Fc1c(Cl)cc(C2(C(F)(F)F)CN=C(c3ccc4c(c3)COC43CN(Cl)C3)C2)cc1Cl. The summed E-state index contributed by atoms with van der Waals surface area (Å²) in [5.74, 6) is -0.942. The van der Waals surface area contributed by atoms with Crippen molar-refractivity contribution in [2.24, 2.45) is 4.99 Å². The van der Waals surface area contributed by atoms with Crippen molar-refractivity contribution in [2.45, 2.75) is 30.2 Å². The van der Waals surface area contributed by atoms with Crippen LogP contribution in [0.1, 0.15) is 28.7 Å². The summed E-state index contributed by atoms with van der Waals surface area (Å²) < 4.78 is 64.2. The molecule has 0 bridgehead atoms. The van der Waals surface area contributed by atoms with Gasteiger partial charge in [0.2, 0.25) is 0 Å². The van der Waals surface area contributed by atoms with Gasteiger partial charge in [0.05, 0.1) is 23.2 Å². The summed E-state index contributed by atoms with van der Waals surface area (Å²) in [5, 5.41) is -0.901. The highest BCUT2D eigenvalue weighted by Gasteiger charge is 2.59. The topological polar surface area (TPSA) is 24.8 Å². The van der Waals surface area contributed by atoms with E-state index in [2.05, 4.69) is 4.99 Å². The highest BCUT2D eigenvalue weighted by molar-refractivity contribution is 6.35. The number of hydrogen-bond donors (Lipinski definition) is 0. The molecule has 0 amide bonds. The van der Waals surface area contributed by atoms with Gasteiger partial charge < -0.3 is 4.74 Å². The number of halogens is 7. The normalized spacial score (nSPS) is 24.9. The smallest absolute Gasteiger partial charge is 0.363 e. The summed E-state index contributed by atoms with van der Waals surface area (Å²) >= 11 is 17.6. The predicted octanol–water partition coefficient (Wildman–Crippen LogP) is 6.02. The van der Waals surface area contributed by atoms with Crippen molar-refractivity contribution in [3.05, 3.63) is 68.4 Å². The maximum atomic E-state index is 14.3. The Kier molecular flexibility index (Phi) is 4.89. The average molecular weight is 494 g/mol. The third kappa shape index (κ3) is 3.20. The van der Waals surface area contributed by atoms with Crippen molar-refractivity contribution in [3.63, 3.8) is 0 Å². The van der Waals surface area contributed by atoms with Gasteiger partial charge in [-0.2, -0.15) is 13.2 Å². The number of benzene rings is 2. The lowest BCUT2D eigenvalue weighted by Gasteiger charge is -2.43. The van der Waals surface area contributed by atoms with Crippen LogP contribution in [-0.2, 0) is 22.4 Å². The first-order valence-corrected chi connectivity index (χ1v) is 10.6. The fourth-order valence-corrected chi connectivity index (χ4v) is 5.47. The molecule has 0 radical (unpaired) electrons. The van der Waals surface area contributed by atoms with E-state index in [4.69, 9.17) is 39.7 Å². The van der Waals surface area contributed by atoms with Gasteiger partial charge in [-0.3, -0.25) is 4.99 Å². The van der Waals surface area contributed by atoms with E-state index < -0.39 is 46.0 Å². The molecule has 1 unspecified atom stereocenters. The fraction of sp³-hybridized carbons (Fsp3) is 0.381. The minimum absolute atomic E-state index is 0.199. The van der Waals surface area contributed by atoms with Crippen molar-refractivity contribution in [1.29, 1.82) is 0 Å². The fourth-order valence-electron chi connectivity index (χ4n) is 4.60. The van der Waals surface area contributed by atoms with Crippen LogP contribution < -0.4 is 0 Å². The summed E-state index contributed by atoms with van der Waals surface area (Å²) in [6.45, 7) is 0.966. The minimum atomic E-state index is -4.64. The van der Waals surface area contributed by atoms with E-state index in [1.165, 1.54) is 0 Å². The molecule has 2 aromatic carbocycles. The Labute approximate surface area is 190 Å². The van der Waals surface area contributed by atoms with Crippen LogP contribution in [0.15, 0.2) is 35.3 Å². The summed E-state index contributed by atoms with van der Waals surface area (Å²) in [4.78, 5) is 4.24. The van der Waals surface area contributed by atoms with E-state index in [0.717, 1.165) is 23.3 Å². The molecule has 0 aliphatic carbocycles. The molecule has 3 heterocycles. The van der Waals surface area contributed by atoms with Crippen molar-refractivity contribution < 1.29 is 22.3 Å². The quantitative estimate of drug-likeness (QED) is 0.290. The average Bonchev–Trinajstić information content (AvgIpc) is 3.29. The number of rotatable bonds is 2. The molecule has 10 heteroatoms. The summed E-state index contributed by atoms with van der Waals surface area (Å²) in [6.07, 6.45) is -5.03. The molecule has 3 aliphatic rings. The van der Waals surface area contributed by atoms with E-state index in [1.54, 1.807) is 10.5 Å². The van der Waals surface area contributed by atoms with Crippen LogP contribution in [0, 0.1) is 5.82 Å². The maximum absolute atomic E-state index is 14.3. The number of aliphatic imine (C=N–C) groups is 1. The lowest BCUT2D eigenvalue weighted by atomic mass is 9.76. The molecule has 3 nitrogen and oxygen atoms in total. The Morgan fingerprint density at radius 1 is 1.06 bits per heavy atom. The van der Waals surface area contributed by atoms with Crippen LogP contribution in [0.4, 0.5) is 17.6 Å². The van der Waals surface area contributed by atoms with E-state index in [0.29, 0.717) is 31.0 Å². The van der Waals surface area contributed by atoms with Gasteiger partial charge in [0.1, 0.15) is 11.0 Å². The first-order chi connectivity index (χ1) is 14.5. The van der Waals surface area contributed by atoms with Gasteiger partial charge in [0, 0.05) is 25.2 Å². The molecule has 5 rings (SSSR count). The largest absolute Gasteiger partial charge is 0.400 e. The Balaban J connectivity index is 1.49. The second-order valence-electron chi connectivity index (χ2n) is 8.21. The van der Waals surface area contributed by atoms with Crippen LogP contribution >= 0.6 is 35.0 Å². The molecule has 1 saturated heterocycles. The van der Waals surface area contributed by atoms with Crippen molar-refractivity contribution >= 4 is 40.7 Å². The van der Waals surface area contributed by atoms with Crippen LogP contribution in [0.2, 0.25) is 10.0 Å². The maximum Gasteiger partial charge on any atom is 0.400 e. The summed E-state index contributed by atoms with van der Waals surface area (Å²) in [7, 11) is 0. The molecule has 0 aromatic heterocycles. The van der Waals surface area contributed by atoms with Gasteiger partial charge in [-0.15, -0.1) is 0 Å². The van der Waals surface area contributed by atoms with E-state index in [-0.39, 0.29) is 5.56 Å². The predicted molar refractivity (Wildman–Crippen MR) is 111 cm³/mol. The molecular weight excluding hydrogens is 479 g/mol. The zero-order valence-corrected chi connectivity index (χ0v) is 18.1. The van der Waals surface area contributed by atoms with Crippen molar-refractivity contribution in [3.8, 4) is 0 Å². The van der Waals surface area contributed by atoms with E-state index in [9.17, 15) is 17.6 Å². The second-order valence-corrected chi connectivity index (χ2v) is 9.50. The van der Waals surface area contributed by atoms with Crippen molar-refractivity contribution in [1.82, 2.24) is 4.42 Å². The number of nitrogens with zero attached hydrogens (tertiary/aromatic N) is 2. The Hall–Kier alpha value is -1.38. The molecule has 1 fully saturated rings. The van der Waals surface area contributed by atoms with Gasteiger partial charge in [0.15, 0.2) is 5.82 Å². The lowest BCUT2D eigenvalue weighted by molar-refractivity contribution is -0.183. The molecule has 1 atom stereocenters. The van der Waals surface area contributed by atoms with E-state index >= 15 is 0 Å². The van der Waals surface area contributed by atoms with Gasteiger partial charge in [-0.05, 0) is 52.2 Å². The second kappa shape index (κ2) is 7.06. The van der Waals surface area contributed by atoms with Crippen LogP contribution in [-0.4, -0.2) is 35.9 Å². The standard InChI is InChI=1S/C21H15Cl3F4N2O/c22-15-4-13(5-16(23)18(15)25)19(21(26,27)28)6-17(29-8-19)11-1-2-14-12(3-11)7-31-20(14)9-30(24)10-20/h1-5H,6-10H2.